The minimum atomic E-state index is -0.852. The number of hydrogen-bond donors (Lipinski definition) is 3. The summed E-state index contributed by atoms with van der Waals surface area (Å²) in [7, 11) is 1.51. The maximum Gasteiger partial charge on any atom is 0.319 e. The lowest BCUT2D eigenvalue weighted by molar-refractivity contribution is -0.120. The highest BCUT2D eigenvalue weighted by Gasteiger charge is 2.39. The first kappa shape index (κ1) is 20.2. The fraction of sp³-hybridized carbons (Fsp3) is 0.130. The van der Waals surface area contributed by atoms with E-state index in [1.807, 2.05) is 0 Å². The quantitative estimate of drug-likeness (QED) is 0.575. The van der Waals surface area contributed by atoms with Gasteiger partial charge < -0.3 is 25.1 Å². The highest BCUT2D eigenvalue weighted by Crippen LogP contribution is 2.34. The number of amides is 3. The number of furan rings is 1. The van der Waals surface area contributed by atoms with Gasteiger partial charge in [0.15, 0.2) is 0 Å². The zero-order valence-electron chi connectivity index (χ0n) is 16.6. The van der Waals surface area contributed by atoms with Crippen LogP contribution in [0.25, 0.3) is 11.3 Å². The summed E-state index contributed by atoms with van der Waals surface area (Å²) in [4.78, 5) is 25.2. The van der Waals surface area contributed by atoms with Crippen molar-refractivity contribution < 1.29 is 23.1 Å². The maximum absolute atomic E-state index is 13.2. The van der Waals surface area contributed by atoms with Crippen LogP contribution in [0.2, 0.25) is 0 Å². The van der Waals surface area contributed by atoms with Gasteiger partial charge in [0.25, 0.3) is 0 Å². The fourth-order valence-electron chi connectivity index (χ4n) is 3.48. The van der Waals surface area contributed by atoms with Gasteiger partial charge in [0.2, 0.25) is 5.91 Å². The molecule has 0 bridgehead atoms. The topological polar surface area (TPSA) is 92.6 Å². The van der Waals surface area contributed by atoms with Crippen LogP contribution >= 0.6 is 0 Å². The number of ether oxygens (including phenoxy) is 1. The van der Waals surface area contributed by atoms with Gasteiger partial charge in [-0.3, -0.25) is 4.79 Å². The van der Waals surface area contributed by atoms with Gasteiger partial charge in [0.1, 0.15) is 35.0 Å². The van der Waals surface area contributed by atoms with E-state index in [9.17, 15) is 14.0 Å². The molecule has 1 aliphatic heterocycles. The number of carbonyl (C=O) groups is 2. The SMILES string of the molecule is C=C1NC(=O)N[C@H](c2ccc(-c3ccc(F)cc3)o2)[C@H]1C(=O)Nc1ccccc1OC. The molecule has 0 aliphatic carbocycles. The van der Waals surface area contributed by atoms with E-state index in [-0.39, 0.29) is 11.5 Å². The first-order valence-corrected chi connectivity index (χ1v) is 9.52. The largest absolute Gasteiger partial charge is 0.495 e. The molecule has 3 aromatic rings. The summed E-state index contributed by atoms with van der Waals surface area (Å²) in [5.41, 5.74) is 1.40. The van der Waals surface area contributed by atoms with Crippen LogP contribution in [0.5, 0.6) is 5.75 Å². The van der Waals surface area contributed by atoms with Crippen LogP contribution in [-0.2, 0) is 4.79 Å². The van der Waals surface area contributed by atoms with Gasteiger partial charge in [-0.1, -0.05) is 18.7 Å². The van der Waals surface area contributed by atoms with E-state index >= 15 is 0 Å². The Bertz CT molecular complexity index is 1140. The third-order valence-electron chi connectivity index (χ3n) is 4.98. The van der Waals surface area contributed by atoms with E-state index in [1.165, 1.54) is 19.2 Å². The minimum absolute atomic E-state index is 0.237. The molecule has 31 heavy (non-hydrogen) atoms. The summed E-state index contributed by atoms with van der Waals surface area (Å²) in [5.74, 6) is -0.248. The molecule has 1 aromatic heterocycles. The number of benzene rings is 2. The molecule has 1 saturated heterocycles. The van der Waals surface area contributed by atoms with Gasteiger partial charge in [-0.2, -0.15) is 0 Å². The maximum atomic E-state index is 13.2. The second-order valence-electron chi connectivity index (χ2n) is 6.98. The number of hydrogen-bond acceptors (Lipinski definition) is 4. The molecule has 0 radical (unpaired) electrons. The summed E-state index contributed by atoms with van der Waals surface area (Å²) in [6.45, 7) is 3.85. The van der Waals surface area contributed by atoms with E-state index in [2.05, 4.69) is 22.5 Å². The van der Waals surface area contributed by atoms with E-state index < -0.39 is 23.9 Å². The Labute approximate surface area is 177 Å². The minimum Gasteiger partial charge on any atom is -0.495 e. The molecule has 0 saturated carbocycles. The molecule has 0 spiro atoms. The summed E-state index contributed by atoms with van der Waals surface area (Å²) < 4.78 is 24.4. The van der Waals surface area contributed by atoms with Crippen molar-refractivity contribution in [2.24, 2.45) is 5.92 Å². The fourth-order valence-corrected chi connectivity index (χ4v) is 3.48. The van der Waals surface area contributed by atoms with Crippen molar-refractivity contribution in [2.75, 3.05) is 12.4 Å². The summed E-state index contributed by atoms with van der Waals surface area (Å²) in [6, 6.07) is 14.9. The van der Waals surface area contributed by atoms with Gasteiger partial charge in [-0.25, -0.2) is 9.18 Å². The van der Waals surface area contributed by atoms with Gasteiger partial charge in [-0.15, -0.1) is 0 Å². The molecule has 1 fully saturated rings. The van der Waals surface area contributed by atoms with Crippen LogP contribution in [0.4, 0.5) is 14.9 Å². The predicted octanol–water partition coefficient (Wildman–Crippen LogP) is 4.22. The van der Waals surface area contributed by atoms with Crippen molar-refractivity contribution in [2.45, 2.75) is 6.04 Å². The first-order valence-electron chi connectivity index (χ1n) is 9.52. The smallest absolute Gasteiger partial charge is 0.319 e. The van der Waals surface area contributed by atoms with Gasteiger partial charge in [0, 0.05) is 11.3 Å². The molecule has 3 N–H and O–H groups in total. The Hall–Kier alpha value is -4.07. The van der Waals surface area contributed by atoms with Crippen molar-refractivity contribution in [1.82, 2.24) is 10.6 Å². The highest BCUT2D eigenvalue weighted by molar-refractivity contribution is 5.98. The van der Waals surface area contributed by atoms with Gasteiger partial charge >= 0.3 is 6.03 Å². The molecule has 0 unspecified atom stereocenters. The highest BCUT2D eigenvalue weighted by atomic mass is 19.1. The monoisotopic (exact) mass is 421 g/mol. The third kappa shape index (κ3) is 4.13. The number of rotatable bonds is 5. The zero-order chi connectivity index (χ0) is 22.0. The number of para-hydroxylation sites is 2. The zero-order valence-corrected chi connectivity index (χ0v) is 16.6. The summed E-state index contributed by atoms with van der Waals surface area (Å²) >= 11 is 0. The number of anilines is 1. The van der Waals surface area contributed by atoms with Crippen molar-refractivity contribution in [3.05, 3.63) is 84.5 Å². The number of methoxy groups -OCH3 is 1. The molecule has 158 valence electrons. The molecule has 3 amide bonds. The molecule has 7 nitrogen and oxygen atoms in total. The van der Waals surface area contributed by atoms with Crippen molar-refractivity contribution >= 4 is 17.6 Å². The Morgan fingerprint density at radius 2 is 1.87 bits per heavy atom. The Balaban J connectivity index is 1.63. The number of carbonyl (C=O) groups excluding carboxylic acids is 2. The van der Waals surface area contributed by atoms with E-state index in [0.29, 0.717) is 28.5 Å². The Kier molecular flexibility index (Phi) is 5.44. The van der Waals surface area contributed by atoms with E-state index in [4.69, 9.17) is 9.15 Å². The molecule has 1 aliphatic rings. The molecule has 2 heterocycles. The predicted molar refractivity (Wildman–Crippen MR) is 113 cm³/mol. The number of urea groups is 1. The van der Waals surface area contributed by atoms with Crippen LogP contribution in [-0.4, -0.2) is 19.0 Å². The lowest BCUT2D eigenvalue weighted by atomic mass is 9.91. The van der Waals surface area contributed by atoms with Crippen LogP contribution < -0.4 is 20.7 Å². The molecule has 2 aromatic carbocycles. The Morgan fingerprint density at radius 1 is 1.13 bits per heavy atom. The normalized spacial score (nSPS) is 18.1. The molecular weight excluding hydrogens is 401 g/mol. The van der Waals surface area contributed by atoms with Crippen molar-refractivity contribution in [3.63, 3.8) is 0 Å². The number of nitrogens with one attached hydrogen (secondary N) is 3. The lowest BCUT2D eigenvalue weighted by Crippen LogP contribution is -2.51. The second kappa shape index (κ2) is 8.35. The molecule has 2 atom stereocenters. The van der Waals surface area contributed by atoms with Crippen LogP contribution in [0, 0.1) is 11.7 Å². The molecular formula is C23H20FN3O4. The average molecular weight is 421 g/mol. The Morgan fingerprint density at radius 3 is 2.61 bits per heavy atom. The van der Waals surface area contributed by atoms with Crippen LogP contribution in [0.15, 0.2) is 77.4 Å². The standard InChI is InChI=1S/C23H20FN3O4/c1-13-20(22(28)26-16-5-3-4-6-18(16)30-2)21(27-23(29)25-13)19-12-11-17(31-19)14-7-9-15(24)10-8-14/h3-12,20-21H,1H2,2H3,(H,26,28)(H2,25,27,29)/t20-,21+/m0/s1. The van der Waals surface area contributed by atoms with E-state index in [1.54, 1.807) is 48.5 Å². The van der Waals surface area contributed by atoms with Crippen LogP contribution in [0.3, 0.4) is 0 Å². The van der Waals surface area contributed by atoms with Gasteiger partial charge in [0.05, 0.1) is 12.8 Å². The van der Waals surface area contributed by atoms with E-state index in [0.717, 1.165) is 0 Å². The van der Waals surface area contributed by atoms with Gasteiger partial charge in [-0.05, 0) is 48.5 Å². The number of halogens is 1. The van der Waals surface area contributed by atoms with Crippen molar-refractivity contribution in [3.8, 4) is 17.1 Å². The summed E-state index contributed by atoms with van der Waals surface area (Å²) in [6.07, 6.45) is 0. The first-order chi connectivity index (χ1) is 15.0. The summed E-state index contributed by atoms with van der Waals surface area (Å²) in [5, 5.41) is 8.10. The van der Waals surface area contributed by atoms with Crippen LogP contribution in [0.1, 0.15) is 11.8 Å². The lowest BCUT2D eigenvalue weighted by Gasteiger charge is -2.32. The second-order valence-corrected chi connectivity index (χ2v) is 6.98. The molecule has 4 rings (SSSR count). The van der Waals surface area contributed by atoms with Crippen molar-refractivity contribution in [1.29, 1.82) is 0 Å². The average Bonchev–Trinajstić information content (AvgIpc) is 3.24. The third-order valence-corrected chi connectivity index (χ3v) is 4.98. The molecule has 8 heteroatoms.